The summed E-state index contributed by atoms with van der Waals surface area (Å²) in [6, 6.07) is 0. The first kappa shape index (κ1) is 11.5. The number of hydrogen-bond donors (Lipinski definition) is 0. The first-order valence-corrected chi connectivity index (χ1v) is 3.87. The molecule has 0 heterocycles. The Balaban J connectivity index is 3.50. The van der Waals surface area contributed by atoms with Gasteiger partial charge in [0.05, 0.1) is 7.11 Å². The molecule has 0 N–H and O–H groups in total. The van der Waals surface area contributed by atoms with Crippen LogP contribution in [0.4, 0.5) is 17.6 Å². The molecular weight excluding hydrogens is 216 g/mol. The maximum Gasteiger partial charge on any atom is 0.204 e. The van der Waals surface area contributed by atoms with Gasteiger partial charge in [0.25, 0.3) is 0 Å². The summed E-state index contributed by atoms with van der Waals surface area (Å²) in [5, 5.41) is 0. The zero-order chi connectivity index (χ0) is 11.6. The minimum Gasteiger partial charge on any atom is -0.491 e. The predicted molar refractivity (Wildman–Crippen MR) is 42.6 cm³/mol. The molecule has 0 unspecified atom stereocenters. The fraction of sp³-hybridized carbons (Fsp3) is 0.222. The van der Waals surface area contributed by atoms with Crippen molar-refractivity contribution in [3.8, 4) is 5.75 Å². The summed E-state index contributed by atoms with van der Waals surface area (Å²) in [5.74, 6) is -7.66. The molecule has 0 aliphatic heterocycles. The van der Waals surface area contributed by atoms with Crippen LogP contribution < -0.4 is 4.74 Å². The van der Waals surface area contributed by atoms with Gasteiger partial charge in [-0.3, -0.25) is 0 Å². The number of methoxy groups -OCH3 is 1. The number of carbonyl (C=O) groups is 1. The average molecular weight is 222 g/mol. The smallest absolute Gasteiger partial charge is 0.204 e. The Morgan fingerprint density at radius 3 is 1.87 bits per heavy atom. The topological polar surface area (TPSA) is 26.3 Å². The molecule has 0 aromatic heterocycles. The molecule has 2 nitrogen and oxygen atoms in total. The van der Waals surface area contributed by atoms with E-state index in [0.717, 1.165) is 7.11 Å². The maximum absolute atomic E-state index is 13.1. The third-order valence-electron chi connectivity index (χ3n) is 1.81. The summed E-state index contributed by atoms with van der Waals surface area (Å²) < 4.78 is 56.3. The van der Waals surface area contributed by atoms with Crippen LogP contribution in [0.5, 0.6) is 5.75 Å². The van der Waals surface area contributed by atoms with Gasteiger partial charge >= 0.3 is 0 Å². The summed E-state index contributed by atoms with van der Waals surface area (Å²) in [6.45, 7) is 0. The van der Waals surface area contributed by atoms with Crippen LogP contribution in [0.2, 0.25) is 0 Å². The standard InChI is InChI=1S/C9H6F4O2/c1-15-9-7(12)5(10)4(2-3-14)6(11)8(9)13/h3H,2H2,1H3. The van der Waals surface area contributed by atoms with Gasteiger partial charge < -0.3 is 9.53 Å². The van der Waals surface area contributed by atoms with Crippen LogP contribution in [0, 0.1) is 23.3 Å². The molecule has 0 spiro atoms. The molecule has 0 aliphatic carbocycles. The first-order valence-electron chi connectivity index (χ1n) is 3.87. The van der Waals surface area contributed by atoms with Crippen molar-refractivity contribution < 1.29 is 27.1 Å². The Morgan fingerprint density at radius 1 is 1.07 bits per heavy atom. The second-order valence-corrected chi connectivity index (χ2v) is 2.64. The molecule has 1 rings (SSSR count). The molecule has 0 radical (unpaired) electrons. The molecule has 0 aliphatic rings. The fourth-order valence-electron chi connectivity index (χ4n) is 1.10. The molecular formula is C9H6F4O2. The van der Waals surface area contributed by atoms with Crippen molar-refractivity contribution in [2.75, 3.05) is 7.11 Å². The minimum absolute atomic E-state index is 0.146. The van der Waals surface area contributed by atoms with Crippen molar-refractivity contribution in [2.24, 2.45) is 0 Å². The SMILES string of the molecule is COc1c(F)c(F)c(CC=O)c(F)c1F. The number of halogens is 4. The van der Waals surface area contributed by atoms with E-state index in [-0.39, 0.29) is 6.29 Å². The van der Waals surface area contributed by atoms with Crippen LogP contribution in [0.25, 0.3) is 0 Å². The lowest BCUT2D eigenvalue weighted by molar-refractivity contribution is -0.107. The molecule has 0 atom stereocenters. The number of ether oxygens (including phenoxy) is 1. The number of aldehydes is 1. The highest BCUT2D eigenvalue weighted by Crippen LogP contribution is 2.29. The normalized spacial score (nSPS) is 10.2. The van der Waals surface area contributed by atoms with Crippen molar-refractivity contribution in [3.05, 3.63) is 28.8 Å². The number of carbonyl (C=O) groups excluding carboxylic acids is 1. The number of benzene rings is 1. The van der Waals surface area contributed by atoms with E-state index in [1.165, 1.54) is 0 Å². The maximum atomic E-state index is 13.1. The predicted octanol–water partition coefficient (Wildman–Crippen LogP) is 1.99. The molecule has 1 aromatic rings. The third kappa shape index (κ3) is 1.79. The third-order valence-corrected chi connectivity index (χ3v) is 1.81. The highest BCUT2D eigenvalue weighted by atomic mass is 19.2. The Bertz CT molecular complexity index is 375. The molecule has 82 valence electrons. The van der Waals surface area contributed by atoms with E-state index < -0.39 is 41.0 Å². The van der Waals surface area contributed by atoms with Crippen LogP contribution in [0.15, 0.2) is 0 Å². The monoisotopic (exact) mass is 222 g/mol. The van der Waals surface area contributed by atoms with E-state index in [0.29, 0.717) is 0 Å². The van der Waals surface area contributed by atoms with Crippen LogP contribution in [0.3, 0.4) is 0 Å². The number of rotatable bonds is 3. The van der Waals surface area contributed by atoms with E-state index in [9.17, 15) is 22.4 Å². The zero-order valence-electron chi connectivity index (χ0n) is 7.61. The minimum atomic E-state index is -1.65. The second-order valence-electron chi connectivity index (χ2n) is 2.64. The van der Waals surface area contributed by atoms with Crippen molar-refractivity contribution >= 4 is 6.29 Å². The van der Waals surface area contributed by atoms with Crippen molar-refractivity contribution in [1.82, 2.24) is 0 Å². The highest BCUT2D eigenvalue weighted by molar-refractivity contribution is 5.56. The van der Waals surface area contributed by atoms with E-state index in [2.05, 4.69) is 4.74 Å². The van der Waals surface area contributed by atoms with Gasteiger partial charge in [0.1, 0.15) is 6.29 Å². The van der Waals surface area contributed by atoms with Crippen molar-refractivity contribution in [3.63, 3.8) is 0 Å². The van der Waals surface area contributed by atoms with Gasteiger partial charge in [-0.25, -0.2) is 8.78 Å². The summed E-state index contributed by atoms with van der Waals surface area (Å²) in [4.78, 5) is 10.0. The van der Waals surface area contributed by atoms with Gasteiger partial charge in [0.15, 0.2) is 17.4 Å². The lowest BCUT2D eigenvalue weighted by atomic mass is 10.1. The molecule has 0 saturated carbocycles. The Hall–Kier alpha value is -1.59. The summed E-state index contributed by atoms with van der Waals surface area (Å²) in [5.41, 5.74) is -0.944. The first-order chi connectivity index (χ1) is 7.04. The Labute approximate surface area is 82.5 Å². The van der Waals surface area contributed by atoms with Crippen LogP contribution in [-0.2, 0) is 11.2 Å². The van der Waals surface area contributed by atoms with Gasteiger partial charge in [-0.2, -0.15) is 8.78 Å². The van der Waals surface area contributed by atoms with Gasteiger partial charge in [0, 0.05) is 12.0 Å². The fourth-order valence-corrected chi connectivity index (χ4v) is 1.10. The van der Waals surface area contributed by atoms with Crippen molar-refractivity contribution in [1.29, 1.82) is 0 Å². The van der Waals surface area contributed by atoms with Gasteiger partial charge in [-0.05, 0) is 0 Å². The lowest BCUT2D eigenvalue weighted by Crippen LogP contribution is -2.06. The second kappa shape index (κ2) is 4.29. The molecule has 0 fully saturated rings. The van der Waals surface area contributed by atoms with Crippen LogP contribution in [0.1, 0.15) is 5.56 Å². The van der Waals surface area contributed by atoms with Gasteiger partial charge in [-0.15, -0.1) is 0 Å². The Morgan fingerprint density at radius 2 is 1.53 bits per heavy atom. The quantitative estimate of drug-likeness (QED) is 0.444. The van der Waals surface area contributed by atoms with Gasteiger partial charge in [0.2, 0.25) is 11.6 Å². The summed E-state index contributed by atoms with van der Waals surface area (Å²) in [7, 11) is 0.875. The van der Waals surface area contributed by atoms with E-state index >= 15 is 0 Å². The molecule has 1 aromatic carbocycles. The number of hydrogen-bond acceptors (Lipinski definition) is 2. The van der Waals surface area contributed by atoms with Crippen LogP contribution in [-0.4, -0.2) is 13.4 Å². The highest BCUT2D eigenvalue weighted by Gasteiger charge is 2.25. The molecule has 0 bridgehead atoms. The molecule has 0 saturated heterocycles. The van der Waals surface area contributed by atoms with Crippen molar-refractivity contribution in [2.45, 2.75) is 6.42 Å². The molecule has 15 heavy (non-hydrogen) atoms. The van der Waals surface area contributed by atoms with E-state index in [1.807, 2.05) is 0 Å². The summed E-state index contributed by atoms with van der Waals surface area (Å²) in [6.07, 6.45) is -0.595. The Kier molecular flexibility index (Phi) is 3.28. The summed E-state index contributed by atoms with van der Waals surface area (Å²) >= 11 is 0. The molecule has 0 amide bonds. The molecule has 6 heteroatoms. The lowest BCUT2D eigenvalue weighted by Gasteiger charge is -2.08. The van der Waals surface area contributed by atoms with E-state index in [1.54, 1.807) is 0 Å². The van der Waals surface area contributed by atoms with Crippen LogP contribution >= 0.6 is 0 Å². The largest absolute Gasteiger partial charge is 0.491 e. The zero-order valence-corrected chi connectivity index (χ0v) is 7.61. The van der Waals surface area contributed by atoms with E-state index in [4.69, 9.17) is 0 Å². The van der Waals surface area contributed by atoms with Gasteiger partial charge in [-0.1, -0.05) is 0 Å². The average Bonchev–Trinajstić information content (AvgIpc) is 2.23.